The Bertz CT molecular complexity index is 1490. The minimum absolute atomic E-state index is 0.00928. The van der Waals surface area contributed by atoms with Crippen LogP contribution in [0.5, 0.6) is 0 Å². The third kappa shape index (κ3) is 7.02. The van der Waals surface area contributed by atoms with Crippen LogP contribution in [0.2, 0.25) is 0 Å². The number of ether oxygens (including phenoxy) is 1. The van der Waals surface area contributed by atoms with E-state index in [0.717, 1.165) is 41.3 Å². The molecule has 0 bridgehead atoms. The van der Waals surface area contributed by atoms with Crippen LogP contribution in [0.25, 0.3) is 22.1 Å². The Morgan fingerprint density at radius 1 is 1.10 bits per heavy atom. The number of nitrogens with one attached hydrogen (secondary N) is 2. The molecule has 0 radical (unpaired) electrons. The van der Waals surface area contributed by atoms with Gasteiger partial charge in [0.25, 0.3) is 5.89 Å². The molecule has 1 unspecified atom stereocenters. The lowest BCUT2D eigenvalue weighted by Crippen LogP contribution is -2.46. The zero-order valence-corrected chi connectivity index (χ0v) is 25.3. The predicted octanol–water partition coefficient (Wildman–Crippen LogP) is 5.27. The van der Waals surface area contributed by atoms with Gasteiger partial charge in [0.1, 0.15) is 0 Å². The first-order valence-corrected chi connectivity index (χ1v) is 16.4. The van der Waals surface area contributed by atoms with Gasteiger partial charge >= 0.3 is 5.91 Å². The van der Waals surface area contributed by atoms with Gasteiger partial charge in [0.05, 0.1) is 25.9 Å². The quantitative estimate of drug-likeness (QED) is 0.313. The smallest absolute Gasteiger partial charge is 0.307 e. The minimum Gasteiger partial charge on any atom is -0.432 e. The Morgan fingerprint density at radius 2 is 1.78 bits per heavy atom. The summed E-state index contributed by atoms with van der Waals surface area (Å²) in [5.74, 6) is 4.65. The monoisotopic (exact) mass is 581 g/mol. The number of aliphatic hydroxyl groups is 1. The zero-order valence-electron chi connectivity index (χ0n) is 24.5. The van der Waals surface area contributed by atoms with Crippen LogP contribution in [0.4, 0.5) is 0 Å². The second-order valence-corrected chi connectivity index (χ2v) is 14.7. The van der Waals surface area contributed by atoms with Crippen molar-refractivity contribution in [2.24, 2.45) is 5.92 Å². The number of amides is 1. The van der Waals surface area contributed by atoms with Gasteiger partial charge in [0.2, 0.25) is 0 Å². The van der Waals surface area contributed by atoms with E-state index in [9.17, 15) is 14.1 Å². The molecule has 1 atom stereocenters. The van der Waals surface area contributed by atoms with Crippen LogP contribution in [-0.2, 0) is 20.9 Å². The van der Waals surface area contributed by atoms with Gasteiger partial charge in [0.15, 0.2) is 5.76 Å². The van der Waals surface area contributed by atoms with Crippen molar-refractivity contribution < 1.29 is 23.3 Å². The molecule has 1 saturated heterocycles. The fourth-order valence-electron chi connectivity index (χ4n) is 6.02. The van der Waals surface area contributed by atoms with Gasteiger partial charge in [-0.2, -0.15) is 0 Å². The number of hydrogen-bond donors (Lipinski definition) is 3. The van der Waals surface area contributed by atoms with Crippen molar-refractivity contribution in [3.63, 3.8) is 0 Å². The van der Waals surface area contributed by atoms with Gasteiger partial charge in [-0.15, -0.1) is 0 Å². The van der Waals surface area contributed by atoms with Crippen LogP contribution in [0.1, 0.15) is 82.1 Å². The van der Waals surface area contributed by atoms with E-state index in [1.165, 1.54) is 19.3 Å². The molecular formula is C32H43N3O5S. The standard InChI is InChI=1S/C32H43N3O5S/c1-31(2,3)35-41(4,38)27-15-14-25(23-12-8-9-13-24(23)27)28-26(20-22-10-6-5-7-11-22)34-30(40-28)29(36)33-21-32(37)16-18-39-19-17-32/h8-9,12-15,22,37H,4-7,10-11,16-21H2,1-3H3,(H,33,36)(H,35,38). The van der Waals surface area contributed by atoms with Crippen LogP contribution in [0.15, 0.2) is 45.7 Å². The van der Waals surface area contributed by atoms with E-state index in [4.69, 9.17) is 14.1 Å². The fourth-order valence-corrected chi connectivity index (χ4v) is 7.94. The van der Waals surface area contributed by atoms with Gasteiger partial charge in [0, 0.05) is 43.7 Å². The maximum Gasteiger partial charge on any atom is 0.307 e. The van der Waals surface area contributed by atoms with E-state index in [0.29, 0.717) is 42.6 Å². The number of carbonyl (C=O) groups excluding carboxylic acids is 1. The lowest BCUT2D eigenvalue weighted by molar-refractivity contribution is -0.0606. The molecule has 0 spiro atoms. The van der Waals surface area contributed by atoms with Gasteiger partial charge in [-0.25, -0.2) is 13.9 Å². The number of hydrogen-bond acceptors (Lipinski definition) is 6. The number of aromatic nitrogens is 1. The highest BCUT2D eigenvalue weighted by Gasteiger charge is 2.32. The summed E-state index contributed by atoms with van der Waals surface area (Å²) in [6, 6.07) is 11.5. The van der Waals surface area contributed by atoms with E-state index in [1.54, 1.807) is 0 Å². The molecule has 2 aliphatic rings. The molecule has 2 heterocycles. The van der Waals surface area contributed by atoms with Crippen molar-refractivity contribution in [1.82, 2.24) is 15.0 Å². The number of benzene rings is 2. The first kappa shape index (κ1) is 29.8. The number of fused-ring (bicyclic) bond motifs is 1. The average Bonchev–Trinajstić information content (AvgIpc) is 3.34. The Labute approximate surface area is 243 Å². The number of oxazole rings is 1. The summed E-state index contributed by atoms with van der Waals surface area (Å²) in [6.07, 6.45) is 7.57. The average molecular weight is 582 g/mol. The van der Waals surface area contributed by atoms with Crippen molar-refractivity contribution in [2.45, 2.75) is 88.2 Å². The molecule has 3 aromatic rings. The maximum absolute atomic E-state index is 13.8. The molecule has 41 heavy (non-hydrogen) atoms. The first-order valence-electron chi connectivity index (χ1n) is 14.7. The molecule has 5 rings (SSSR count). The fraction of sp³-hybridized carbons (Fsp3) is 0.531. The van der Waals surface area contributed by atoms with Crippen molar-refractivity contribution in [3.8, 4) is 11.3 Å². The maximum atomic E-state index is 13.8. The zero-order chi connectivity index (χ0) is 29.3. The van der Waals surface area contributed by atoms with E-state index in [2.05, 4.69) is 15.9 Å². The Balaban J connectivity index is 1.53. The van der Waals surface area contributed by atoms with E-state index < -0.39 is 26.8 Å². The number of rotatable bonds is 8. The number of nitrogens with zero attached hydrogens (tertiary/aromatic N) is 1. The highest BCUT2D eigenvalue weighted by atomic mass is 32.2. The third-order valence-corrected chi connectivity index (χ3v) is 10.1. The van der Waals surface area contributed by atoms with Gasteiger partial charge in [-0.05, 0) is 61.9 Å². The highest BCUT2D eigenvalue weighted by molar-refractivity contribution is 7.98. The van der Waals surface area contributed by atoms with Crippen LogP contribution in [0.3, 0.4) is 0 Å². The van der Waals surface area contributed by atoms with Crippen molar-refractivity contribution in [1.29, 1.82) is 0 Å². The second kappa shape index (κ2) is 11.9. The number of carbonyl (C=O) groups is 1. The molecular weight excluding hydrogens is 538 g/mol. The topological polar surface area (TPSA) is 114 Å². The summed E-state index contributed by atoms with van der Waals surface area (Å²) >= 11 is 0. The second-order valence-electron chi connectivity index (χ2n) is 12.7. The molecule has 2 aromatic carbocycles. The molecule has 1 aliphatic carbocycles. The van der Waals surface area contributed by atoms with E-state index in [1.807, 2.05) is 57.2 Å². The summed E-state index contributed by atoms with van der Waals surface area (Å²) < 4.78 is 28.6. The molecule has 3 N–H and O–H groups in total. The summed E-state index contributed by atoms with van der Waals surface area (Å²) in [6.45, 7) is 6.94. The first-order chi connectivity index (χ1) is 19.4. The molecule has 222 valence electrons. The van der Waals surface area contributed by atoms with Crippen LogP contribution in [-0.4, -0.2) is 57.0 Å². The predicted molar refractivity (Wildman–Crippen MR) is 163 cm³/mol. The third-order valence-electron chi connectivity index (χ3n) is 8.05. The molecule has 1 aromatic heterocycles. The normalized spacial score (nSPS) is 19.6. The Kier molecular flexibility index (Phi) is 8.62. The molecule has 1 saturated carbocycles. The summed E-state index contributed by atoms with van der Waals surface area (Å²) in [5.41, 5.74) is 0.170. The van der Waals surface area contributed by atoms with Crippen molar-refractivity contribution in [3.05, 3.63) is 48.0 Å². The van der Waals surface area contributed by atoms with Crippen molar-refractivity contribution >= 4 is 32.3 Å². The molecule has 2 fully saturated rings. The molecule has 1 amide bonds. The van der Waals surface area contributed by atoms with Gasteiger partial charge < -0.3 is 19.6 Å². The van der Waals surface area contributed by atoms with Crippen LogP contribution in [0, 0.1) is 5.92 Å². The minimum atomic E-state index is -2.80. The molecule has 9 heteroatoms. The van der Waals surface area contributed by atoms with Gasteiger partial charge in [-0.3, -0.25) is 4.79 Å². The van der Waals surface area contributed by atoms with Crippen LogP contribution < -0.4 is 10.0 Å². The van der Waals surface area contributed by atoms with Gasteiger partial charge in [-0.1, -0.05) is 56.4 Å². The SMILES string of the molecule is C=S(=O)(NC(C)(C)C)c1ccc(-c2oc(C(=O)NCC3(O)CCOCC3)nc2CC2CCCCC2)c2ccccc12. The molecule has 8 nitrogen and oxygen atoms in total. The highest BCUT2D eigenvalue weighted by Crippen LogP contribution is 2.37. The summed E-state index contributed by atoms with van der Waals surface area (Å²) in [4.78, 5) is 18.6. The van der Waals surface area contributed by atoms with Crippen molar-refractivity contribution in [2.75, 3.05) is 19.8 Å². The summed E-state index contributed by atoms with van der Waals surface area (Å²) in [7, 11) is -2.80. The molecule has 1 aliphatic heterocycles. The Morgan fingerprint density at radius 3 is 2.46 bits per heavy atom. The summed E-state index contributed by atoms with van der Waals surface area (Å²) in [5, 5.41) is 15.3. The largest absolute Gasteiger partial charge is 0.432 e. The Hall–Kier alpha value is -2.72. The van der Waals surface area contributed by atoms with Crippen LogP contribution >= 0.6 is 0 Å². The lowest BCUT2D eigenvalue weighted by atomic mass is 9.85. The van der Waals surface area contributed by atoms with E-state index >= 15 is 0 Å². The lowest BCUT2D eigenvalue weighted by Gasteiger charge is -2.31. The van der Waals surface area contributed by atoms with E-state index in [-0.39, 0.29) is 12.4 Å².